The predicted octanol–water partition coefficient (Wildman–Crippen LogP) is 3.04. The molecule has 2 heterocycles. The molecule has 0 spiro atoms. The first-order valence-electron chi connectivity index (χ1n) is 12.7. The molecule has 33 heavy (non-hydrogen) atoms. The number of thiol groups is 1. The first kappa shape index (κ1) is 24.5. The maximum absolute atomic E-state index is 13.1. The SMILES string of the molecule is CC(=O)Nc1cccc(N2CCN(C(CC3CCCCC3)(C3CCNCC3)[SH](=O)=O)CC2)c1. The van der Waals surface area contributed by atoms with Gasteiger partial charge in [-0.3, -0.25) is 9.69 Å². The van der Waals surface area contributed by atoms with Crippen LogP contribution in [0.3, 0.4) is 0 Å². The number of anilines is 2. The number of benzene rings is 1. The van der Waals surface area contributed by atoms with E-state index in [9.17, 15) is 13.2 Å². The standard InChI is InChI=1S/C25H40N4O3S/c1-20(30)27-23-8-5-9-24(18-23)28-14-16-29(17-15-28)25(33(31)32,22-10-12-26-13-11-22)19-21-6-3-2-4-7-21/h5,8-9,18,21-22,26,33H,2-4,6-7,10-17,19H2,1H3,(H,27,30). The highest BCUT2D eigenvalue weighted by Crippen LogP contribution is 2.42. The Bertz CT molecular complexity index is 864. The number of hydrogen-bond acceptors (Lipinski definition) is 6. The van der Waals surface area contributed by atoms with E-state index in [1.54, 1.807) is 0 Å². The summed E-state index contributed by atoms with van der Waals surface area (Å²) < 4.78 is 26.2. The van der Waals surface area contributed by atoms with E-state index < -0.39 is 15.6 Å². The van der Waals surface area contributed by atoms with Crippen LogP contribution in [0.1, 0.15) is 58.3 Å². The Morgan fingerprint density at radius 1 is 1.06 bits per heavy atom. The van der Waals surface area contributed by atoms with Crippen molar-refractivity contribution in [2.75, 3.05) is 49.5 Å². The highest BCUT2D eigenvalue weighted by molar-refractivity contribution is 7.74. The summed E-state index contributed by atoms with van der Waals surface area (Å²) in [4.78, 5) is 15.4. The van der Waals surface area contributed by atoms with E-state index in [2.05, 4.69) is 26.5 Å². The third-order valence-electron chi connectivity index (χ3n) is 7.98. The van der Waals surface area contributed by atoms with Crippen LogP contribution in [0.2, 0.25) is 0 Å². The summed E-state index contributed by atoms with van der Waals surface area (Å²) in [6.45, 7) is 6.44. The minimum atomic E-state index is -2.57. The Morgan fingerprint density at radius 3 is 2.39 bits per heavy atom. The zero-order valence-corrected chi connectivity index (χ0v) is 20.8. The molecule has 0 aromatic heterocycles. The van der Waals surface area contributed by atoms with Crippen molar-refractivity contribution in [3.8, 4) is 0 Å². The molecule has 3 aliphatic rings. The Kier molecular flexibility index (Phi) is 8.30. The largest absolute Gasteiger partial charge is 0.369 e. The summed E-state index contributed by atoms with van der Waals surface area (Å²) in [7, 11) is -2.57. The van der Waals surface area contributed by atoms with Crippen molar-refractivity contribution < 1.29 is 13.2 Å². The number of nitrogens with zero attached hydrogens (tertiary/aromatic N) is 2. The molecule has 4 rings (SSSR count). The van der Waals surface area contributed by atoms with E-state index in [-0.39, 0.29) is 11.8 Å². The molecule has 1 amide bonds. The second-order valence-corrected chi connectivity index (χ2v) is 11.4. The van der Waals surface area contributed by atoms with Gasteiger partial charge >= 0.3 is 0 Å². The highest BCUT2D eigenvalue weighted by atomic mass is 32.2. The van der Waals surface area contributed by atoms with E-state index >= 15 is 0 Å². The average Bonchev–Trinajstić information content (AvgIpc) is 2.83. The van der Waals surface area contributed by atoms with E-state index in [4.69, 9.17) is 0 Å². The van der Waals surface area contributed by atoms with Gasteiger partial charge in [0.1, 0.15) is 4.87 Å². The van der Waals surface area contributed by atoms with Gasteiger partial charge in [0, 0.05) is 44.5 Å². The first-order valence-corrected chi connectivity index (χ1v) is 13.9. The molecule has 0 radical (unpaired) electrons. The molecule has 1 atom stereocenters. The maximum atomic E-state index is 13.1. The lowest BCUT2D eigenvalue weighted by molar-refractivity contribution is -0.114. The topological polar surface area (TPSA) is 81.8 Å². The lowest BCUT2D eigenvalue weighted by atomic mass is 9.78. The highest BCUT2D eigenvalue weighted by Gasteiger charge is 2.49. The number of piperazine rings is 1. The normalized spacial score (nSPS) is 23.4. The Hall–Kier alpha value is -1.64. The van der Waals surface area contributed by atoms with Gasteiger partial charge in [0.25, 0.3) is 0 Å². The molecule has 184 valence electrons. The van der Waals surface area contributed by atoms with E-state index in [1.165, 1.54) is 39.0 Å². The van der Waals surface area contributed by atoms with Crippen molar-refractivity contribution in [3.63, 3.8) is 0 Å². The number of rotatable bonds is 7. The van der Waals surface area contributed by atoms with Crippen molar-refractivity contribution in [2.45, 2.75) is 63.2 Å². The average molecular weight is 477 g/mol. The summed E-state index contributed by atoms with van der Waals surface area (Å²) in [5, 5.41) is 6.28. The molecule has 1 aromatic rings. The molecule has 3 fully saturated rings. The van der Waals surface area contributed by atoms with Gasteiger partial charge in [-0.25, -0.2) is 8.42 Å². The minimum Gasteiger partial charge on any atom is -0.369 e. The van der Waals surface area contributed by atoms with Gasteiger partial charge in [-0.1, -0.05) is 38.2 Å². The quantitative estimate of drug-likeness (QED) is 0.525. The smallest absolute Gasteiger partial charge is 0.221 e. The molecule has 2 saturated heterocycles. The zero-order valence-electron chi connectivity index (χ0n) is 19.9. The maximum Gasteiger partial charge on any atom is 0.221 e. The van der Waals surface area contributed by atoms with Gasteiger partial charge in [-0.05, 0) is 62.4 Å². The van der Waals surface area contributed by atoms with Crippen LogP contribution in [-0.2, 0) is 15.5 Å². The van der Waals surface area contributed by atoms with Crippen molar-refractivity contribution in [3.05, 3.63) is 24.3 Å². The van der Waals surface area contributed by atoms with Gasteiger partial charge in [-0.2, -0.15) is 0 Å². The number of amides is 1. The lowest BCUT2D eigenvalue weighted by Gasteiger charge is -2.51. The van der Waals surface area contributed by atoms with Crippen LogP contribution in [-0.4, -0.2) is 63.4 Å². The van der Waals surface area contributed by atoms with Crippen molar-refractivity contribution in [1.82, 2.24) is 10.2 Å². The van der Waals surface area contributed by atoms with Crippen LogP contribution in [0, 0.1) is 11.8 Å². The minimum absolute atomic E-state index is 0.0781. The predicted molar refractivity (Wildman–Crippen MR) is 134 cm³/mol. The molecule has 7 nitrogen and oxygen atoms in total. The first-order chi connectivity index (χ1) is 16.0. The van der Waals surface area contributed by atoms with Crippen LogP contribution in [0.4, 0.5) is 11.4 Å². The molecular formula is C25H40N4O3S. The third-order valence-corrected chi connectivity index (χ3v) is 9.44. The van der Waals surface area contributed by atoms with Gasteiger partial charge in [-0.15, -0.1) is 0 Å². The van der Waals surface area contributed by atoms with Crippen LogP contribution < -0.4 is 15.5 Å². The molecule has 1 saturated carbocycles. The molecule has 1 aliphatic carbocycles. The lowest BCUT2D eigenvalue weighted by Crippen LogP contribution is -2.63. The van der Waals surface area contributed by atoms with E-state index in [0.717, 1.165) is 69.9 Å². The van der Waals surface area contributed by atoms with Crippen molar-refractivity contribution in [2.24, 2.45) is 11.8 Å². The fourth-order valence-electron chi connectivity index (χ4n) is 6.33. The third kappa shape index (κ3) is 5.72. The molecule has 2 aliphatic heterocycles. The summed E-state index contributed by atoms with van der Waals surface area (Å²) >= 11 is 0. The molecule has 1 unspecified atom stereocenters. The second-order valence-electron chi connectivity index (χ2n) is 10.1. The van der Waals surface area contributed by atoms with Gasteiger partial charge in [0.2, 0.25) is 5.91 Å². The molecular weight excluding hydrogens is 436 g/mol. The summed E-state index contributed by atoms with van der Waals surface area (Å²) in [5.74, 6) is 0.649. The van der Waals surface area contributed by atoms with Gasteiger partial charge in [0.15, 0.2) is 10.7 Å². The number of hydrogen-bond donors (Lipinski definition) is 3. The summed E-state index contributed by atoms with van der Waals surface area (Å²) in [6, 6.07) is 7.93. The monoisotopic (exact) mass is 476 g/mol. The molecule has 8 heteroatoms. The van der Waals surface area contributed by atoms with E-state index in [1.807, 2.05) is 18.2 Å². The van der Waals surface area contributed by atoms with Crippen LogP contribution in [0.5, 0.6) is 0 Å². The second kappa shape index (κ2) is 11.2. The number of nitrogens with one attached hydrogen (secondary N) is 2. The molecule has 0 bridgehead atoms. The number of carbonyl (C=O) groups is 1. The fraction of sp³-hybridized carbons (Fsp3) is 0.720. The Morgan fingerprint density at radius 2 is 1.76 bits per heavy atom. The Balaban J connectivity index is 1.52. The van der Waals surface area contributed by atoms with E-state index in [0.29, 0.717) is 5.92 Å². The summed E-state index contributed by atoms with van der Waals surface area (Å²) in [5.41, 5.74) is 1.87. The van der Waals surface area contributed by atoms with Gasteiger partial charge < -0.3 is 15.5 Å². The number of piperidine rings is 1. The number of carbonyl (C=O) groups excluding carboxylic acids is 1. The zero-order chi connectivity index (χ0) is 23.3. The van der Waals surface area contributed by atoms with Crippen LogP contribution in [0.25, 0.3) is 0 Å². The molecule has 2 N–H and O–H groups in total. The van der Waals surface area contributed by atoms with Crippen LogP contribution >= 0.6 is 0 Å². The van der Waals surface area contributed by atoms with Crippen molar-refractivity contribution in [1.29, 1.82) is 0 Å². The molecule has 1 aromatic carbocycles. The van der Waals surface area contributed by atoms with Gasteiger partial charge in [0.05, 0.1) is 0 Å². The summed E-state index contributed by atoms with van der Waals surface area (Å²) in [6.07, 6.45) is 8.79. The van der Waals surface area contributed by atoms with Crippen LogP contribution in [0.15, 0.2) is 24.3 Å². The Labute approximate surface area is 200 Å². The fourth-order valence-corrected chi connectivity index (χ4v) is 7.72. The van der Waals surface area contributed by atoms with Crippen molar-refractivity contribution >= 4 is 28.0 Å².